The van der Waals surface area contributed by atoms with Crippen LogP contribution in [0.3, 0.4) is 0 Å². The molecule has 3 aromatic rings. The van der Waals surface area contributed by atoms with Crippen molar-refractivity contribution in [1.82, 2.24) is 20.6 Å². The van der Waals surface area contributed by atoms with Crippen LogP contribution in [0.15, 0.2) is 59.6 Å². The number of thioether (sulfide) groups is 1. The number of nitrogens with one attached hydrogen (secondary N) is 2. The molecule has 7 nitrogen and oxygen atoms in total. The molecule has 5 rings (SSSR count). The number of fused-ring (bicyclic) bond motifs is 1. The van der Waals surface area contributed by atoms with Crippen molar-refractivity contribution < 1.29 is 9.59 Å². The van der Waals surface area contributed by atoms with Crippen LogP contribution in [0.2, 0.25) is 0 Å². The molecule has 1 saturated carbocycles. The van der Waals surface area contributed by atoms with Crippen LogP contribution in [0, 0.1) is 0 Å². The molecule has 1 aromatic heterocycles. The van der Waals surface area contributed by atoms with Gasteiger partial charge in [0.15, 0.2) is 0 Å². The Kier molecular flexibility index (Phi) is 6.60. The third-order valence-electron chi connectivity index (χ3n) is 6.61. The molecular weight excluding hydrogens is 446 g/mol. The zero-order chi connectivity index (χ0) is 23.5. The Morgan fingerprint density at radius 2 is 1.88 bits per heavy atom. The minimum atomic E-state index is -0.377. The maximum absolute atomic E-state index is 11.8. The molecule has 8 heteroatoms. The third-order valence-corrected chi connectivity index (χ3v) is 7.42. The van der Waals surface area contributed by atoms with Crippen LogP contribution in [-0.2, 0) is 11.3 Å². The Morgan fingerprint density at radius 1 is 1.09 bits per heavy atom. The van der Waals surface area contributed by atoms with E-state index in [1.165, 1.54) is 16.3 Å². The second-order valence-electron chi connectivity index (χ2n) is 8.77. The monoisotopic (exact) mass is 473 g/mol. The molecule has 0 spiro atoms. The van der Waals surface area contributed by atoms with Gasteiger partial charge in [0, 0.05) is 31.9 Å². The van der Waals surface area contributed by atoms with Crippen LogP contribution >= 0.6 is 11.8 Å². The summed E-state index contributed by atoms with van der Waals surface area (Å²) in [7, 11) is 2.03. The molecule has 0 atom stereocenters. The van der Waals surface area contributed by atoms with E-state index in [0.717, 1.165) is 44.0 Å². The number of anilines is 1. The van der Waals surface area contributed by atoms with E-state index in [2.05, 4.69) is 68.0 Å². The topological polar surface area (TPSA) is 87.2 Å². The summed E-state index contributed by atoms with van der Waals surface area (Å²) in [5.41, 5.74) is 1.96. The summed E-state index contributed by atoms with van der Waals surface area (Å²) in [6, 6.07) is 17.6. The average Bonchev–Trinajstić information content (AvgIpc) is 3.18. The van der Waals surface area contributed by atoms with Crippen LogP contribution in [-0.4, -0.2) is 40.2 Å². The molecule has 0 unspecified atom stereocenters. The van der Waals surface area contributed by atoms with Crippen LogP contribution in [0.1, 0.15) is 36.9 Å². The molecule has 2 N–H and O–H groups in total. The largest absolute Gasteiger partial charge is 0.341 e. The first kappa shape index (κ1) is 22.6. The second kappa shape index (κ2) is 9.95. The third kappa shape index (κ3) is 4.98. The van der Waals surface area contributed by atoms with Crippen LogP contribution in [0.5, 0.6) is 0 Å². The molecule has 1 aliphatic heterocycles. The SMILES string of the molecule is CN(c1nccc(C=C2SC(=O)NC2=O)n1)C1CCC(NCc2cccc3ccccc23)CC1. The van der Waals surface area contributed by atoms with Gasteiger partial charge >= 0.3 is 0 Å². The number of hydrogen-bond acceptors (Lipinski definition) is 7. The standard InChI is InChI=1S/C26H27N5O2S/c1-31(25-27-14-13-20(29-25)15-23-24(32)30-26(33)34-23)21-11-9-19(10-12-21)28-16-18-7-4-6-17-5-2-3-8-22(17)18/h2-8,13-15,19,21,28H,9-12,16H2,1H3,(H,30,32,33). The Bertz CT molecular complexity index is 1250. The Labute approximate surface area is 203 Å². The van der Waals surface area contributed by atoms with E-state index < -0.39 is 0 Å². The second-order valence-corrected chi connectivity index (χ2v) is 9.78. The maximum Gasteiger partial charge on any atom is 0.290 e. The van der Waals surface area contributed by atoms with Crippen molar-refractivity contribution in [3.63, 3.8) is 0 Å². The van der Waals surface area contributed by atoms with E-state index in [0.29, 0.717) is 28.6 Å². The molecule has 0 bridgehead atoms. The molecule has 2 aliphatic rings. The molecule has 2 amide bonds. The molecule has 1 saturated heterocycles. The lowest BCUT2D eigenvalue weighted by atomic mass is 9.90. The Hall–Kier alpha value is -3.23. The highest BCUT2D eigenvalue weighted by molar-refractivity contribution is 8.18. The number of rotatable bonds is 6. The highest BCUT2D eigenvalue weighted by atomic mass is 32.2. The summed E-state index contributed by atoms with van der Waals surface area (Å²) in [5, 5.41) is 8.27. The molecule has 2 aromatic carbocycles. The van der Waals surface area contributed by atoms with Crippen molar-refractivity contribution in [3.8, 4) is 0 Å². The van der Waals surface area contributed by atoms with Gasteiger partial charge in [-0.05, 0) is 65.9 Å². The summed E-state index contributed by atoms with van der Waals surface area (Å²) in [4.78, 5) is 34.8. The molecule has 0 radical (unpaired) electrons. The highest BCUT2D eigenvalue weighted by Gasteiger charge is 2.27. The lowest BCUT2D eigenvalue weighted by Crippen LogP contribution is -2.41. The van der Waals surface area contributed by atoms with Gasteiger partial charge in [0.2, 0.25) is 5.95 Å². The number of aromatic nitrogens is 2. The normalized spacial score (nSPS) is 21.7. The van der Waals surface area contributed by atoms with Gasteiger partial charge in [-0.25, -0.2) is 9.97 Å². The summed E-state index contributed by atoms with van der Waals surface area (Å²) in [6.45, 7) is 0.875. The van der Waals surface area contributed by atoms with Gasteiger partial charge in [0.1, 0.15) is 0 Å². The molecule has 34 heavy (non-hydrogen) atoms. The molecule has 1 aliphatic carbocycles. The van der Waals surface area contributed by atoms with E-state index in [-0.39, 0.29) is 11.1 Å². The molecular formula is C26H27N5O2S. The van der Waals surface area contributed by atoms with Crippen molar-refractivity contribution in [1.29, 1.82) is 0 Å². The number of nitrogens with zero attached hydrogens (tertiary/aromatic N) is 3. The van der Waals surface area contributed by atoms with E-state index in [4.69, 9.17) is 0 Å². The molecule has 174 valence electrons. The van der Waals surface area contributed by atoms with E-state index in [1.54, 1.807) is 18.3 Å². The first-order chi connectivity index (χ1) is 16.6. The van der Waals surface area contributed by atoms with Gasteiger partial charge < -0.3 is 10.2 Å². The Balaban J connectivity index is 1.18. The zero-order valence-electron chi connectivity index (χ0n) is 19.0. The first-order valence-electron chi connectivity index (χ1n) is 11.6. The first-order valence-corrected chi connectivity index (χ1v) is 12.4. The number of benzene rings is 2. The molecule has 2 heterocycles. The predicted molar refractivity (Wildman–Crippen MR) is 136 cm³/mol. The maximum atomic E-state index is 11.8. The van der Waals surface area contributed by atoms with Crippen LogP contribution < -0.4 is 15.5 Å². The minimum absolute atomic E-state index is 0.353. The highest BCUT2D eigenvalue weighted by Crippen LogP contribution is 2.28. The van der Waals surface area contributed by atoms with Gasteiger partial charge in [-0.2, -0.15) is 0 Å². The van der Waals surface area contributed by atoms with Crippen LogP contribution in [0.25, 0.3) is 16.8 Å². The quantitative estimate of drug-likeness (QED) is 0.510. The summed E-state index contributed by atoms with van der Waals surface area (Å²) in [6.07, 6.45) is 7.65. The van der Waals surface area contributed by atoms with E-state index in [1.807, 2.05) is 7.05 Å². The summed E-state index contributed by atoms with van der Waals surface area (Å²) in [5.74, 6) is 0.258. The Morgan fingerprint density at radius 3 is 2.68 bits per heavy atom. The van der Waals surface area contributed by atoms with Gasteiger partial charge in [-0.3, -0.25) is 14.9 Å². The smallest absolute Gasteiger partial charge is 0.290 e. The van der Waals surface area contributed by atoms with Crippen molar-refractivity contribution in [2.45, 2.75) is 44.3 Å². The molecule has 2 fully saturated rings. The zero-order valence-corrected chi connectivity index (χ0v) is 19.8. The fourth-order valence-electron chi connectivity index (χ4n) is 4.70. The predicted octanol–water partition coefficient (Wildman–Crippen LogP) is 4.49. The average molecular weight is 474 g/mol. The number of carbonyl (C=O) groups excluding carboxylic acids is 2. The van der Waals surface area contributed by atoms with Crippen molar-refractivity contribution >= 4 is 45.7 Å². The van der Waals surface area contributed by atoms with Crippen molar-refractivity contribution in [2.24, 2.45) is 0 Å². The summed E-state index contributed by atoms with van der Waals surface area (Å²) < 4.78 is 0. The van der Waals surface area contributed by atoms with E-state index >= 15 is 0 Å². The lowest BCUT2D eigenvalue weighted by Gasteiger charge is -2.35. The summed E-state index contributed by atoms with van der Waals surface area (Å²) >= 11 is 0.895. The van der Waals surface area contributed by atoms with Gasteiger partial charge in [-0.1, -0.05) is 42.5 Å². The van der Waals surface area contributed by atoms with Crippen molar-refractivity contribution in [2.75, 3.05) is 11.9 Å². The number of carbonyl (C=O) groups is 2. The minimum Gasteiger partial charge on any atom is -0.341 e. The van der Waals surface area contributed by atoms with Gasteiger partial charge in [0.25, 0.3) is 11.1 Å². The van der Waals surface area contributed by atoms with E-state index in [9.17, 15) is 9.59 Å². The van der Waals surface area contributed by atoms with Crippen LogP contribution in [0.4, 0.5) is 10.7 Å². The fourth-order valence-corrected chi connectivity index (χ4v) is 5.37. The van der Waals surface area contributed by atoms with Gasteiger partial charge in [-0.15, -0.1) is 0 Å². The number of imide groups is 1. The van der Waals surface area contributed by atoms with Gasteiger partial charge in [0.05, 0.1) is 10.6 Å². The fraction of sp³-hybridized carbons (Fsp3) is 0.308. The lowest BCUT2D eigenvalue weighted by molar-refractivity contribution is -0.115. The number of amides is 2. The number of hydrogen-bond donors (Lipinski definition) is 2. The van der Waals surface area contributed by atoms with Crippen molar-refractivity contribution in [3.05, 3.63) is 70.9 Å².